The fourth-order valence-corrected chi connectivity index (χ4v) is 1.87. The fourth-order valence-electron chi connectivity index (χ4n) is 1.87. The van der Waals surface area contributed by atoms with Crippen LogP contribution >= 0.6 is 0 Å². The molecule has 1 fully saturated rings. The highest BCUT2D eigenvalue weighted by Crippen LogP contribution is 2.32. The van der Waals surface area contributed by atoms with Gasteiger partial charge in [0.1, 0.15) is 0 Å². The number of aliphatic carboxylic acids is 1. The van der Waals surface area contributed by atoms with E-state index >= 15 is 0 Å². The zero-order valence-corrected chi connectivity index (χ0v) is 10.0. The van der Waals surface area contributed by atoms with E-state index in [1.165, 1.54) is 25.7 Å². The van der Waals surface area contributed by atoms with E-state index in [2.05, 4.69) is 19.0 Å². The molecular formula is C10H19F3N2O2. The van der Waals surface area contributed by atoms with Gasteiger partial charge >= 0.3 is 12.1 Å². The summed E-state index contributed by atoms with van der Waals surface area (Å²) in [6.45, 7) is 0.819. The first-order valence-electron chi connectivity index (χ1n) is 5.33. The molecule has 1 rings (SSSR count). The molecule has 0 aliphatic heterocycles. The largest absolute Gasteiger partial charge is 0.490 e. The van der Waals surface area contributed by atoms with Crippen molar-refractivity contribution < 1.29 is 23.1 Å². The highest BCUT2D eigenvalue weighted by molar-refractivity contribution is 5.73. The summed E-state index contributed by atoms with van der Waals surface area (Å²) in [5.41, 5.74) is 6.08. The Morgan fingerprint density at radius 2 is 1.71 bits per heavy atom. The number of carboxylic acids is 1. The van der Waals surface area contributed by atoms with Gasteiger partial charge in [0.25, 0.3) is 0 Å². The molecule has 1 aliphatic carbocycles. The number of hydrogen-bond donors (Lipinski definition) is 2. The van der Waals surface area contributed by atoms with Gasteiger partial charge in [-0.3, -0.25) is 0 Å². The van der Waals surface area contributed by atoms with Crippen molar-refractivity contribution in [3.8, 4) is 0 Å². The molecule has 4 nitrogen and oxygen atoms in total. The average molecular weight is 256 g/mol. The van der Waals surface area contributed by atoms with Gasteiger partial charge in [-0.25, -0.2) is 4.79 Å². The number of likely N-dealkylation sites (N-methyl/N-ethyl adjacent to an activating group) is 1. The summed E-state index contributed by atoms with van der Waals surface area (Å²) in [5, 5.41) is 7.12. The van der Waals surface area contributed by atoms with Gasteiger partial charge in [-0.2, -0.15) is 13.2 Å². The molecular weight excluding hydrogens is 237 g/mol. The Bertz CT molecular complexity index is 248. The van der Waals surface area contributed by atoms with Crippen LogP contribution in [0.2, 0.25) is 0 Å². The molecule has 0 heterocycles. The van der Waals surface area contributed by atoms with Crippen LogP contribution in [0.5, 0.6) is 0 Å². The highest BCUT2D eigenvalue weighted by Gasteiger charge is 2.38. The van der Waals surface area contributed by atoms with Gasteiger partial charge in [0.15, 0.2) is 0 Å². The quantitative estimate of drug-likeness (QED) is 0.784. The van der Waals surface area contributed by atoms with E-state index < -0.39 is 12.1 Å². The third kappa shape index (κ3) is 4.91. The van der Waals surface area contributed by atoms with E-state index in [1.807, 2.05) is 0 Å². The maximum Gasteiger partial charge on any atom is 0.490 e. The van der Waals surface area contributed by atoms with Crippen molar-refractivity contribution in [2.45, 2.75) is 37.4 Å². The van der Waals surface area contributed by atoms with Crippen LogP contribution in [0, 0.1) is 0 Å². The third-order valence-corrected chi connectivity index (χ3v) is 3.11. The normalized spacial score (nSPS) is 18.8. The van der Waals surface area contributed by atoms with Crippen LogP contribution in [-0.4, -0.2) is 48.3 Å². The van der Waals surface area contributed by atoms with Gasteiger partial charge in [0.05, 0.1) is 0 Å². The molecule has 0 spiro atoms. The maximum atomic E-state index is 10.6. The Hall–Kier alpha value is -0.820. The summed E-state index contributed by atoms with van der Waals surface area (Å²) in [6, 6.07) is 0. The Morgan fingerprint density at radius 3 is 1.82 bits per heavy atom. The number of carboxylic acid groups (broad SMARTS) is 1. The minimum Gasteiger partial charge on any atom is -0.475 e. The summed E-state index contributed by atoms with van der Waals surface area (Å²) in [7, 11) is 4.27. The number of nitrogens with zero attached hydrogens (tertiary/aromatic N) is 1. The van der Waals surface area contributed by atoms with Gasteiger partial charge in [-0.1, -0.05) is 12.8 Å². The predicted molar refractivity (Wildman–Crippen MR) is 57.6 cm³/mol. The van der Waals surface area contributed by atoms with E-state index in [0.29, 0.717) is 5.54 Å². The molecule has 1 saturated carbocycles. The lowest BCUT2D eigenvalue weighted by Crippen LogP contribution is -2.47. The lowest BCUT2D eigenvalue weighted by Gasteiger charge is -2.34. The molecule has 0 saturated heterocycles. The predicted octanol–water partition coefficient (Wildman–Crippen LogP) is 1.45. The van der Waals surface area contributed by atoms with Crippen LogP contribution in [0.15, 0.2) is 0 Å². The third-order valence-electron chi connectivity index (χ3n) is 3.11. The van der Waals surface area contributed by atoms with Crippen LogP contribution in [0.4, 0.5) is 13.2 Å². The van der Waals surface area contributed by atoms with Crippen molar-refractivity contribution in [1.29, 1.82) is 0 Å². The summed E-state index contributed by atoms with van der Waals surface area (Å²) in [6.07, 6.45) is 0.206. The van der Waals surface area contributed by atoms with Crippen molar-refractivity contribution in [2.75, 3.05) is 20.6 Å². The van der Waals surface area contributed by atoms with Gasteiger partial charge in [-0.15, -0.1) is 0 Å². The van der Waals surface area contributed by atoms with E-state index in [9.17, 15) is 13.2 Å². The molecule has 1 aliphatic rings. The number of alkyl halides is 3. The molecule has 0 aromatic rings. The monoisotopic (exact) mass is 256 g/mol. The molecule has 0 unspecified atom stereocenters. The number of nitrogens with two attached hydrogens (primary N) is 1. The van der Waals surface area contributed by atoms with Gasteiger partial charge < -0.3 is 15.7 Å². The second-order valence-electron chi connectivity index (χ2n) is 4.33. The smallest absolute Gasteiger partial charge is 0.475 e. The van der Waals surface area contributed by atoms with Crippen LogP contribution in [0.3, 0.4) is 0 Å². The molecule has 0 amide bonds. The minimum absolute atomic E-state index is 0.347. The van der Waals surface area contributed by atoms with E-state index in [-0.39, 0.29) is 0 Å². The van der Waals surface area contributed by atoms with E-state index in [1.54, 1.807) is 0 Å². The van der Waals surface area contributed by atoms with Crippen LogP contribution in [0.25, 0.3) is 0 Å². The zero-order chi connectivity index (χ0) is 13.7. The van der Waals surface area contributed by atoms with Gasteiger partial charge in [-0.05, 0) is 26.9 Å². The number of hydrogen-bond acceptors (Lipinski definition) is 3. The molecule has 0 aromatic heterocycles. The molecule has 102 valence electrons. The Kier molecular flexibility index (Phi) is 5.91. The van der Waals surface area contributed by atoms with Crippen LogP contribution in [0.1, 0.15) is 25.7 Å². The molecule has 7 heteroatoms. The lowest BCUT2D eigenvalue weighted by atomic mass is 9.97. The minimum atomic E-state index is -5.08. The number of halogens is 3. The molecule has 17 heavy (non-hydrogen) atoms. The zero-order valence-electron chi connectivity index (χ0n) is 10.0. The summed E-state index contributed by atoms with van der Waals surface area (Å²) < 4.78 is 31.7. The molecule has 0 radical (unpaired) electrons. The van der Waals surface area contributed by atoms with Gasteiger partial charge in [0, 0.05) is 12.1 Å². The summed E-state index contributed by atoms with van der Waals surface area (Å²) in [4.78, 5) is 11.2. The Labute approximate surface area is 98.6 Å². The SMILES string of the molecule is CN(C)C1(CN)CCCC1.O=C(O)C(F)(F)F. The second kappa shape index (κ2) is 6.20. The standard InChI is InChI=1S/C8H18N2.C2HF3O2/c1-10(2)8(7-9)5-3-4-6-8;3-2(4,5)1(6)7/h3-7,9H2,1-2H3;(H,6,7). The first-order chi connectivity index (χ1) is 7.65. The molecule has 3 N–H and O–H groups in total. The van der Waals surface area contributed by atoms with Crippen LogP contribution in [-0.2, 0) is 4.79 Å². The first-order valence-corrected chi connectivity index (χ1v) is 5.33. The number of rotatable bonds is 2. The van der Waals surface area contributed by atoms with Crippen LogP contribution < -0.4 is 5.73 Å². The second-order valence-corrected chi connectivity index (χ2v) is 4.33. The fraction of sp³-hybridized carbons (Fsp3) is 0.900. The molecule has 0 atom stereocenters. The topological polar surface area (TPSA) is 66.6 Å². The van der Waals surface area contributed by atoms with E-state index in [4.69, 9.17) is 15.6 Å². The summed E-state index contributed by atoms with van der Waals surface area (Å²) >= 11 is 0. The average Bonchev–Trinajstić information content (AvgIpc) is 2.66. The Balaban J connectivity index is 0.000000325. The maximum absolute atomic E-state index is 10.6. The van der Waals surface area contributed by atoms with Gasteiger partial charge in [0.2, 0.25) is 0 Å². The number of carbonyl (C=O) groups is 1. The highest BCUT2D eigenvalue weighted by atomic mass is 19.4. The van der Waals surface area contributed by atoms with Crippen molar-refractivity contribution in [3.05, 3.63) is 0 Å². The summed E-state index contributed by atoms with van der Waals surface area (Å²) in [5.74, 6) is -2.76. The van der Waals surface area contributed by atoms with Crippen molar-refractivity contribution >= 4 is 5.97 Å². The van der Waals surface area contributed by atoms with Crippen molar-refractivity contribution in [2.24, 2.45) is 5.73 Å². The first kappa shape index (κ1) is 16.2. The Morgan fingerprint density at radius 1 is 1.35 bits per heavy atom. The van der Waals surface area contributed by atoms with Crippen molar-refractivity contribution in [1.82, 2.24) is 4.90 Å². The van der Waals surface area contributed by atoms with E-state index in [0.717, 1.165) is 6.54 Å². The molecule has 0 bridgehead atoms. The molecule has 0 aromatic carbocycles. The van der Waals surface area contributed by atoms with Crippen molar-refractivity contribution in [3.63, 3.8) is 0 Å². The lowest BCUT2D eigenvalue weighted by molar-refractivity contribution is -0.192.